The molecule has 0 unspecified atom stereocenters. The van der Waals surface area contributed by atoms with E-state index < -0.39 is 0 Å². The highest BCUT2D eigenvalue weighted by atomic mass is 16.5. The van der Waals surface area contributed by atoms with Gasteiger partial charge in [-0.2, -0.15) is 0 Å². The van der Waals surface area contributed by atoms with Crippen molar-refractivity contribution < 1.29 is 9.47 Å². The Bertz CT molecular complexity index is 526. The molecular weight excluding hydrogens is 278 g/mol. The summed E-state index contributed by atoms with van der Waals surface area (Å²) in [5, 5.41) is 6.66. The van der Waals surface area contributed by atoms with Gasteiger partial charge >= 0.3 is 0 Å². The van der Waals surface area contributed by atoms with E-state index in [-0.39, 0.29) is 0 Å². The fraction of sp³-hybridized carbons (Fsp3) is 0.471. The summed E-state index contributed by atoms with van der Waals surface area (Å²) in [5.74, 6) is 1.68. The molecule has 2 rings (SSSR count). The Labute approximate surface area is 132 Å². The largest absolute Gasteiger partial charge is 0.497 e. The molecule has 0 aliphatic carbocycles. The Balaban J connectivity index is 1.73. The van der Waals surface area contributed by atoms with E-state index in [2.05, 4.69) is 27.8 Å². The topological polar surface area (TPSA) is 54.9 Å². The fourth-order valence-electron chi connectivity index (χ4n) is 2.32. The zero-order valence-corrected chi connectivity index (χ0v) is 13.4. The Morgan fingerprint density at radius 2 is 2.27 bits per heavy atom. The Morgan fingerprint density at radius 3 is 3.00 bits per heavy atom. The molecule has 1 aliphatic rings. The lowest BCUT2D eigenvalue weighted by Crippen LogP contribution is -2.37. The van der Waals surface area contributed by atoms with Crippen LogP contribution in [-0.4, -0.2) is 39.9 Å². The van der Waals surface area contributed by atoms with E-state index in [0.717, 1.165) is 49.9 Å². The van der Waals surface area contributed by atoms with Crippen LogP contribution >= 0.6 is 0 Å². The molecule has 0 saturated carbocycles. The monoisotopic (exact) mass is 303 g/mol. The molecule has 1 aromatic carbocycles. The summed E-state index contributed by atoms with van der Waals surface area (Å²) in [4.78, 5) is 4.25. The maximum absolute atomic E-state index is 5.31. The molecule has 22 heavy (non-hydrogen) atoms. The summed E-state index contributed by atoms with van der Waals surface area (Å²) in [6, 6.07) is 8.02. The van der Waals surface area contributed by atoms with Gasteiger partial charge in [0.25, 0.3) is 0 Å². The van der Waals surface area contributed by atoms with Crippen molar-refractivity contribution in [3.05, 3.63) is 41.5 Å². The number of aliphatic imine (C=N–C) groups is 1. The van der Waals surface area contributed by atoms with E-state index >= 15 is 0 Å². The number of methoxy groups -OCH3 is 1. The van der Waals surface area contributed by atoms with E-state index in [1.54, 1.807) is 14.2 Å². The molecule has 0 atom stereocenters. The van der Waals surface area contributed by atoms with Gasteiger partial charge in [0.1, 0.15) is 5.75 Å². The first-order valence-corrected chi connectivity index (χ1v) is 7.65. The quantitative estimate of drug-likeness (QED) is 0.480. The van der Waals surface area contributed by atoms with Crippen molar-refractivity contribution in [1.29, 1.82) is 0 Å². The molecule has 0 saturated heterocycles. The van der Waals surface area contributed by atoms with Crippen LogP contribution in [0.5, 0.6) is 5.75 Å². The average Bonchev–Trinajstić information content (AvgIpc) is 2.59. The fourth-order valence-corrected chi connectivity index (χ4v) is 2.32. The number of nitrogens with zero attached hydrogens (tertiary/aromatic N) is 1. The van der Waals surface area contributed by atoms with Gasteiger partial charge in [0.15, 0.2) is 5.96 Å². The van der Waals surface area contributed by atoms with Gasteiger partial charge in [0.05, 0.1) is 20.3 Å². The Morgan fingerprint density at radius 1 is 1.36 bits per heavy atom. The van der Waals surface area contributed by atoms with Gasteiger partial charge in [-0.3, -0.25) is 4.99 Å². The molecule has 0 amide bonds. The van der Waals surface area contributed by atoms with Crippen molar-refractivity contribution in [2.45, 2.75) is 19.4 Å². The summed E-state index contributed by atoms with van der Waals surface area (Å²) in [5.41, 5.74) is 2.62. The van der Waals surface area contributed by atoms with Crippen LogP contribution < -0.4 is 15.4 Å². The SMILES string of the molecule is CN=C(NCCC1=CCOCC1)NCc1cccc(OC)c1. The van der Waals surface area contributed by atoms with Crippen molar-refractivity contribution in [1.82, 2.24) is 10.6 Å². The number of ether oxygens (including phenoxy) is 2. The first-order valence-electron chi connectivity index (χ1n) is 7.65. The van der Waals surface area contributed by atoms with Gasteiger partial charge in [0, 0.05) is 20.1 Å². The molecule has 1 aliphatic heterocycles. The third-order valence-electron chi connectivity index (χ3n) is 3.61. The Hall–Kier alpha value is -2.01. The molecule has 0 spiro atoms. The average molecular weight is 303 g/mol. The molecule has 5 nitrogen and oxygen atoms in total. The van der Waals surface area contributed by atoms with Gasteiger partial charge < -0.3 is 20.1 Å². The smallest absolute Gasteiger partial charge is 0.191 e. The van der Waals surface area contributed by atoms with Crippen molar-refractivity contribution in [2.24, 2.45) is 4.99 Å². The van der Waals surface area contributed by atoms with Crippen LogP contribution in [0.15, 0.2) is 40.9 Å². The van der Waals surface area contributed by atoms with Crippen LogP contribution in [0.25, 0.3) is 0 Å². The van der Waals surface area contributed by atoms with Crippen LogP contribution in [-0.2, 0) is 11.3 Å². The summed E-state index contributed by atoms with van der Waals surface area (Å²) >= 11 is 0. The van der Waals surface area contributed by atoms with Gasteiger partial charge in [-0.1, -0.05) is 23.8 Å². The van der Waals surface area contributed by atoms with Crippen molar-refractivity contribution in [2.75, 3.05) is 33.9 Å². The number of guanidine groups is 1. The van der Waals surface area contributed by atoms with E-state index in [1.165, 1.54) is 5.57 Å². The maximum Gasteiger partial charge on any atom is 0.191 e. The minimum Gasteiger partial charge on any atom is -0.497 e. The second-order valence-electron chi connectivity index (χ2n) is 5.14. The van der Waals surface area contributed by atoms with Gasteiger partial charge in [0.2, 0.25) is 0 Å². The predicted octanol–water partition coefficient (Wildman–Crippen LogP) is 2.10. The lowest BCUT2D eigenvalue weighted by atomic mass is 10.1. The third-order valence-corrected chi connectivity index (χ3v) is 3.61. The first-order chi connectivity index (χ1) is 10.8. The zero-order valence-electron chi connectivity index (χ0n) is 13.4. The molecule has 0 fully saturated rings. The third kappa shape index (κ3) is 5.41. The second-order valence-corrected chi connectivity index (χ2v) is 5.14. The predicted molar refractivity (Wildman–Crippen MR) is 89.3 cm³/mol. The highest BCUT2D eigenvalue weighted by Gasteiger charge is 2.04. The van der Waals surface area contributed by atoms with Gasteiger partial charge in [-0.05, 0) is 30.5 Å². The van der Waals surface area contributed by atoms with E-state index in [0.29, 0.717) is 6.54 Å². The first kappa shape index (κ1) is 16.4. The molecule has 120 valence electrons. The van der Waals surface area contributed by atoms with E-state index in [4.69, 9.17) is 9.47 Å². The number of hydrogen-bond acceptors (Lipinski definition) is 3. The molecule has 2 N–H and O–H groups in total. The number of benzene rings is 1. The maximum atomic E-state index is 5.31. The highest BCUT2D eigenvalue weighted by molar-refractivity contribution is 5.79. The summed E-state index contributed by atoms with van der Waals surface area (Å²) in [6.45, 7) is 3.18. The summed E-state index contributed by atoms with van der Waals surface area (Å²) < 4.78 is 10.5. The normalized spacial score (nSPS) is 15.2. The van der Waals surface area contributed by atoms with Crippen LogP contribution in [0, 0.1) is 0 Å². The minimum absolute atomic E-state index is 0.716. The van der Waals surface area contributed by atoms with Crippen LogP contribution in [0.1, 0.15) is 18.4 Å². The summed E-state index contributed by atoms with van der Waals surface area (Å²) in [6.07, 6.45) is 4.25. The Kier molecular flexibility index (Phi) is 6.77. The van der Waals surface area contributed by atoms with Crippen molar-refractivity contribution in [3.63, 3.8) is 0 Å². The number of rotatable bonds is 6. The molecule has 0 bridgehead atoms. The number of nitrogens with one attached hydrogen (secondary N) is 2. The van der Waals surface area contributed by atoms with E-state index in [9.17, 15) is 0 Å². The highest BCUT2D eigenvalue weighted by Crippen LogP contribution is 2.12. The van der Waals surface area contributed by atoms with Gasteiger partial charge in [-0.15, -0.1) is 0 Å². The number of hydrogen-bond donors (Lipinski definition) is 2. The van der Waals surface area contributed by atoms with Gasteiger partial charge in [-0.25, -0.2) is 0 Å². The van der Waals surface area contributed by atoms with E-state index in [1.807, 2.05) is 18.2 Å². The molecule has 0 aromatic heterocycles. The molecule has 1 aromatic rings. The lowest BCUT2D eigenvalue weighted by molar-refractivity contribution is 0.153. The molecule has 0 radical (unpaired) electrons. The van der Waals surface area contributed by atoms with Crippen LogP contribution in [0.4, 0.5) is 0 Å². The molecule has 5 heteroatoms. The second kappa shape index (κ2) is 9.10. The minimum atomic E-state index is 0.716. The zero-order chi connectivity index (χ0) is 15.6. The standard InChI is InChI=1S/C17H25N3O2/c1-18-17(19-9-6-14-7-10-22-11-8-14)20-13-15-4-3-5-16(12-15)21-2/h3-5,7,12H,6,8-11,13H2,1-2H3,(H2,18,19,20). The van der Waals surface area contributed by atoms with Crippen LogP contribution in [0.3, 0.4) is 0 Å². The lowest BCUT2D eigenvalue weighted by Gasteiger charge is -2.15. The van der Waals surface area contributed by atoms with Crippen molar-refractivity contribution >= 4 is 5.96 Å². The van der Waals surface area contributed by atoms with Crippen LogP contribution in [0.2, 0.25) is 0 Å². The summed E-state index contributed by atoms with van der Waals surface area (Å²) in [7, 11) is 3.46. The molecule has 1 heterocycles. The van der Waals surface area contributed by atoms with Crippen molar-refractivity contribution in [3.8, 4) is 5.75 Å². The molecular formula is C17H25N3O2.